The molecule has 4 nitrogen and oxygen atoms in total. The molecule has 1 aliphatic heterocycles. The molecule has 1 heterocycles. The maximum Gasteiger partial charge on any atom is 0.234 e. The highest BCUT2D eigenvalue weighted by atomic mass is 35.5. The Kier molecular flexibility index (Phi) is 6.69. The first-order valence-corrected chi connectivity index (χ1v) is 12.8. The molecule has 5 rings (SSSR count). The summed E-state index contributed by atoms with van der Waals surface area (Å²) in [5, 5.41) is 1.33. The molecule has 0 spiro atoms. The second kappa shape index (κ2) is 9.75. The van der Waals surface area contributed by atoms with Crippen LogP contribution in [0.2, 0.25) is 10.0 Å². The normalized spacial score (nSPS) is 18.7. The number of carbonyl (C=O) groups is 1. The zero-order valence-electron chi connectivity index (χ0n) is 20.0. The van der Waals surface area contributed by atoms with Gasteiger partial charge in [-0.2, -0.15) is 0 Å². The number of hydrogen-bond donors (Lipinski definition) is 0. The number of ether oxygens (including phenoxy) is 2. The van der Waals surface area contributed by atoms with Crippen molar-refractivity contribution in [2.24, 2.45) is 0 Å². The summed E-state index contributed by atoms with van der Waals surface area (Å²) in [7, 11) is 3.28. The van der Waals surface area contributed by atoms with Gasteiger partial charge in [-0.3, -0.25) is 4.79 Å². The molecule has 2 aliphatic rings. The van der Waals surface area contributed by atoms with Crippen LogP contribution in [-0.2, 0) is 16.6 Å². The number of carbonyl (C=O) groups excluding carboxylic acids is 1. The number of halogens is 2. The minimum atomic E-state index is -0.546. The van der Waals surface area contributed by atoms with Gasteiger partial charge in [-0.1, -0.05) is 60.3 Å². The molecule has 0 aromatic heterocycles. The Bertz CT molecular complexity index is 1240. The lowest BCUT2D eigenvalue weighted by atomic mass is 9.76. The summed E-state index contributed by atoms with van der Waals surface area (Å²) < 4.78 is 11.2. The molecule has 0 unspecified atom stereocenters. The summed E-state index contributed by atoms with van der Waals surface area (Å²) in [5.74, 6) is 1.52. The Morgan fingerprint density at radius 3 is 2.26 bits per heavy atom. The molecular weight excluding hydrogens is 481 g/mol. The second-order valence-corrected chi connectivity index (χ2v) is 10.3. The molecule has 1 aliphatic carbocycles. The number of benzene rings is 3. The lowest BCUT2D eigenvalue weighted by molar-refractivity contribution is -0.139. The predicted octanol–water partition coefficient (Wildman–Crippen LogP) is 7.00. The van der Waals surface area contributed by atoms with Crippen molar-refractivity contribution in [3.05, 3.63) is 93.0 Å². The maximum atomic E-state index is 14.6. The van der Waals surface area contributed by atoms with Gasteiger partial charge < -0.3 is 14.4 Å². The van der Waals surface area contributed by atoms with E-state index in [0.29, 0.717) is 28.1 Å². The Morgan fingerprint density at radius 1 is 0.914 bits per heavy atom. The molecule has 0 saturated heterocycles. The average molecular weight is 510 g/mol. The van der Waals surface area contributed by atoms with Crippen LogP contribution in [0.25, 0.3) is 0 Å². The SMILES string of the molecule is COc1cc2c(cc1OC)[C@@H](c1cccc(Cl)c1)N(C(=O)C1(c3ccc(Cl)cc3)CCCC1)CC2. The fourth-order valence-corrected chi connectivity index (χ4v) is 6.17. The largest absolute Gasteiger partial charge is 0.493 e. The van der Waals surface area contributed by atoms with E-state index in [0.717, 1.165) is 54.4 Å². The number of fused-ring (bicyclic) bond motifs is 1. The van der Waals surface area contributed by atoms with E-state index in [1.807, 2.05) is 60.7 Å². The minimum absolute atomic E-state index is 0.169. The summed E-state index contributed by atoms with van der Waals surface area (Å²) in [6.45, 7) is 0.619. The first-order valence-electron chi connectivity index (χ1n) is 12.0. The van der Waals surface area contributed by atoms with Crippen LogP contribution >= 0.6 is 23.2 Å². The number of amides is 1. The van der Waals surface area contributed by atoms with Crippen molar-refractivity contribution >= 4 is 29.1 Å². The number of nitrogens with zero attached hydrogens (tertiary/aromatic N) is 1. The highest BCUT2D eigenvalue weighted by Crippen LogP contribution is 2.47. The van der Waals surface area contributed by atoms with Gasteiger partial charge in [0.15, 0.2) is 11.5 Å². The molecule has 1 amide bonds. The van der Waals surface area contributed by atoms with Crippen LogP contribution in [0.5, 0.6) is 11.5 Å². The smallest absolute Gasteiger partial charge is 0.234 e. The second-order valence-electron chi connectivity index (χ2n) is 9.41. The summed E-state index contributed by atoms with van der Waals surface area (Å²) in [6.07, 6.45) is 4.49. The van der Waals surface area contributed by atoms with E-state index in [4.69, 9.17) is 32.7 Å². The van der Waals surface area contributed by atoms with Crippen molar-refractivity contribution in [1.29, 1.82) is 0 Å². The van der Waals surface area contributed by atoms with Gasteiger partial charge in [0.2, 0.25) is 5.91 Å². The summed E-state index contributed by atoms with van der Waals surface area (Å²) in [4.78, 5) is 16.6. The molecule has 1 saturated carbocycles. The lowest BCUT2D eigenvalue weighted by Gasteiger charge is -2.43. The van der Waals surface area contributed by atoms with Crippen LogP contribution in [0.4, 0.5) is 0 Å². The fraction of sp³-hybridized carbons (Fsp3) is 0.345. The van der Waals surface area contributed by atoms with E-state index in [1.54, 1.807) is 14.2 Å². The van der Waals surface area contributed by atoms with Crippen LogP contribution in [0.15, 0.2) is 60.7 Å². The third-order valence-electron chi connectivity index (χ3n) is 7.56. The van der Waals surface area contributed by atoms with Crippen LogP contribution in [0.1, 0.15) is 54.0 Å². The molecule has 1 fully saturated rings. The molecule has 6 heteroatoms. The van der Waals surface area contributed by atoms with E-state index in [1.165, 1.54) is 0 Å². The number of hydrogen-bond acceptors (Lipinski definition) is 3. The van der Waals surface area contributed by atoms with E-state index < -0.39 is 5.41 Å². The zero-order valence-corrected chi connectivity index (χ0v) is 21.5. The van der Waals surface area contributed by atoms with Crippen molar-refractivity contribution in [3.63, 3.8) is 0 Å². The molecule has 1 atom stereocenters. The van der Waals surface area contributed by atoms with Crippen LogP contribution in [0, 0.1) is 0 Å². The Hall–Kier alpha value is -2.69. The lowest BCUT2D eigenvalue weighted by Crippen LogP contribution is -2.49. The predicted molar refractivity (Wildman–Crippen MR) is 140 cm³/mol. The third kappa shape index (κ3) is 4.28. The third-order valence-corrected chi connectivity index (χ3v) is 8.05. The summed E-state index contributed by atoms with van der Waals surface area (Å²) in [6, 6.07) is 19.4. The van der Waals surface area contributed by atoms with Gasteiger partial charge in [-0.15, -0.1) is 0 Å². The first kappa shape index (κ1) is 24.0. The van der Waals surface area contributed by atoms with Gasteiger partial charge in [-0.25, -0.2) is 0 Å². The van der Waals surface area contributed by atoms with E-state index >= 15 is 0 Å². The zero-order chi connectivity index (χ0) is 24.6. The first-order chi connectivity index (χ1) is 17.0. The number of rotatable bonds is 5. The van der Waals surface area contributed by atoms with Crippen LogP contribution in [-0.4, -0.2) is 31.6 Å². The molecule has 0 N–H and O–H groups in total. The van der Waals surface area contributed by atoms with Crippen molar-refractivity contribution in [2.75, 3.05) is 20.8 Å². The van der Waals surface area contributed by atoms with Crippen LogP contribution in [0.3, 0.4) is 0 Å². The van der Waals surface area contributed by atoms with Gasteiger partial charge in [0, 0.05) is 16.6 Å². The molecule has 3 aromatic rings. The summed E-state index contributed by atoms with van der Waals surface area (Å²) in [5.41, 5.74) is 3.70. The molecule has 0 radical (unpaired) electrons. The summed E-state index contributed by atoms with van der Waals surface area (Å²) >= 11 is 12.6. The van der Waals surface area contributed by atoms with Crippen molar-refractivity contribution < 1.29 is 14.3 Å². The fourth-order valence-electron chi connectivity index (χ4n) is 5.85. The van der Waals surface area contributed by atoms with E-state index in [9.17, 15) is 4.79 Å². The Labute approximate surface area is 216 Å². The molecule has 182 valence electrons. The van der Waals surface area contributed by atoms with Crippen molar-refractivity contribution in [2.45, 2.75) is 43.6 Å². The monoisotopic (exact) mass is 509 g/mol. The molecular formula is C29H29Cl2NO3. The molecule has 3 aromatic carbocycles. The average Bonchev–Trinajstić information content (AvgIpc) is 3.38. The van der Waals surface area contributed by atoms with Crippen LogP contribution < -0.4 is 9.47 Å². The standard InChI is InChI=1S/C29H29Cl2NO3/c1-34-25-17-19-12-15-32(27(24(19)18-26(25)35-2)20-6-5-7-23(31)16-20)28(33)29(13-3-4-14-29)21-8-10-22(30)11-9-21/h5-11,16-18,27H,3-4,12-15H2,1-2H3/t27-/m1/s1. The molecule has 0 bridgehead atoms. The van der Waals surface area contributed by atoms with Gasteiger partial charge in [0.1, 0.15) is 0 Å². The molecule has 35 heavy (non-hydrogen) atoms. The topological polar surface area (TPSA) is 38.8 Å². The maximum absolute atomic E-state index is 14.6. The number of methoxy groups -OCH3 is 2. The quantitative estimate of drug-likeness (QED) is 0.371. The highest BCUT2D eigenvalue weighted by Gasteiger charge is 2.47. The van der Waals surface area contributed by atoms with Gasteiger partial charge >= 0.3 is 0 Å². The highest BCUT2D eigenvalue weighted by molar-refractivity contribution is 6.30. The Balaban J connectivity index is 1.65. The van der Waals surface area contributed by atoms with Gasteiger partial charge in [-0.05, 0) is 77.9 Å². The van der Waals surface area contributed by atoms with Crippen molar-refractivity contribution in [3.8, 4) is 11.5 Å². The minimum Gasteiger partial charge on any atom is -0.493 e. The Morgan fingerprint density at radius 2 is 1.60 bits per heavy atom. The van der Waals surface area contributed by atoms with E-state index in [-0.39, 0.29) is 11.9 Å². The van der Waals surface area contributed by atoms with Gasteiger partial charge in [0.05, 0.1) is 25.7 Å². The van der Waals surface area contributed by atoms with Crippen molar-refractivity contribution in [1.82, 2.24) is 4.90 Å². The van der Waals surface area contributed by atoms with E-state index in [2.05, 4.69) is 4.90 Å². The van der Waals surface area contributed by atoms with Gasteiger partial charge in [0.25, 0.3) is 0 Å².